The molecule has 0 aromatic heterocycles. The van der Waals surface area contributed by atoms with E-state index in [0.29, 0.717) is 22.6 Å². The van der Waals surface area contributed by atoms with Crippen LogP contribution in [0.25, 0.3) is 0 Å². The van der Waals surface area contributed by atoms with Gasteiger partial charge in [-0.25, -0.2) is 0 Å². The Labute approximate surface area is 133 Å². The highest BCUT2D eigenvalue weighted by Crippen LogP contribution is 2.40. The fourth-order valence-corrected chi connectivity index (χ4v) is 2.84. The number of rotatable bonds is 4. The molecule has 118 valence electrons. The van der Waals surface area contributed by atoms with Crippen molar-refractivity contribution in [1.29, 1.82) is 0 Å². The largest absolute Gasteiger partial charge is 0.496 e. The first kappa shape index (κ1) is 15.2. The molecule has 3 rings (SSSR count). The topological polar surface area (TPSA) is 75.6 Å². The molecule has 2 N–H and O–H groups in total. The van der Waals surface area contributed by atoms with Crippen molar-refractivity contribution in [3.05, 3.63) is 59.2 Å². The zero-order valence-corrected chi connectivity index (χ0v) is 12.9. The van der Waals surface area contributed by atoms with Gasteiger partial charge in [-0.2, -0.15) is 0 Å². The number of benzene rings is 2. The maximum Gasteiger partial charge on any atom is 0.261 e. The molecule has 0 spiro atoms. The molecular weight excluding hydrogens is 294 g/mol. The number of aliphatic hydroxyl groups is 1. The van der Waals surface area contributed by atoms with Gasteiger partial charge >= 0.3 is 0 Å². The molecule has 1 atom stereocenters. The number of carbonyl (C=O) groups excluding carboxylic acids is 2. The summed E-state index contributed by atoms with van der Waals surface area (Å²) >= 11 is 0. The summed E-state index contributed by atoms with van der Waals surface area (Å²) in [6, 6.07) is 12.1. The first-order valence-corrected chi connectivity index (χ1v) is 7.27. The van der Waals surface area contributed by atoms with Crippen molar-refractivity contribution in [2.24, 2.45) is 0 Å². The molecule has 1 aliphatic rings. The van der Waals surface area contributed by atoms with Crippen LogP contribution in [0.15, 0.2) is 42.5 Å². The van der Waals surface area contributed by atoms with E-state index in [2.05, 4.69) is 5.32 Å². The summed E-state index contributed by atoms with van der Waals surface area (Å²) in [5, 5.41) is 13.5. The van der Waals surface area contributed by atoms with Gasteiger partial charge in [-0.05, 0) is 25.1 Å². The summed E-state index contributed by atoms with van der Waals surface area (Å²) in [4.78, 5) is 24.8. The molecule has 0 radical (unpaired) electrons. The summed E-state index contributed by atoms with van der Waals surface area (Å²) in [5.74, 6) is -0.514. The smallest absolute Gasteiger partial charge is 0.261 e. The van der Waals surface area contributed by atoms with E-state index in [-0.39, 0.29) is 12.2 Å². The van der Waals surface area contributed by atoms with Crippen LogP contribution in [0.3, 0.4) is 0 Å². The molecule has 0 unspecified atom stereocenters. The van der Waals surface area contributed by atoms with E-state index in [0.717, 1.165) is 5.56 Å². The Morgan fingerprint density at radius 1 is 1.26 bits per heavy atom. The third-order valence-corrected chi connectivity index (χ3v) is 4.07. The van der Waals surface area contributed by atoms with Crippen LogP contribution in [0, 0.1) is 6.92 Å². The number of anilines is 1. The lowest BCUT2D eigenvalue weighted by Gasteiger charge is -2.20. The van der Waals surface area contributed by atoms with E-state index in [1.807, 2.05) is 13.0 Å². The number of ketones is 1. The van der Waals surface area contributed by atoms with Gasteiger partial charge in [0.05, 0.1) is 19.1 Å². The molecule has 5 heteroatoms. The molecule has 1 aliphatic heterocycles. The van der Waals surface area contributed by atoms with Crippen LogP contribution in [0.1, 0.15) is 27.9 Å². The Morgan fingerprint density at radius 3 is 2.74 bits per heavy atom. The molecule has 0 fully saturated rings. The first-order valence-electron chi connectivity index (χ1n) is 7.27. The Hall–Kier alpha value is -2.66. The van der Waals surface area contributed by atoms with E-state index in [1.165, 1.54) is 7.11 Å². The lowest BCUT2D eigenvalue weighted by molar-refractivity contribution is -0.133. The van der Waals surface area contributed by atoms with Gasteiger partial charge in [0.25, 0.3) is 5.91 Å². The molecular formula is C18H17NO4. The van der Waals surface area contributed by atoms with Crippen molar-refractivity contribution in [2.45, 2.75) is 18.9 Å². The van der Waals surface area contributed by atoms with Crippen molar-refractivity contribution < 1.29 is 19.4 Å². The lowest BCUT2D eigenvalue weighted by atomic mass is 9.87. The van der Waals surface area contributed by atoms with Crippen LogP contribution in [0.2, 0.25) is 0 Å². The summed E-state index contributed by atoms with van der Waals surface area (Å²) in [5.41, 5.74) is 0.363. The number of fused-ring (bicyclic) bond motifs is 1. The number of aryl methyl sites for hydroxylation is 1. The van der Waals surface area contributed by atoms with Gasteiger partial charge in [-0.1, -0.05) is 29.8 Å². The minimum Gasteiger partial charge on any atom is -0.496 e. The van der Waals surface area contributed by atoms with Crippen LogP contribution < -0.4 is 10.1 Å². The number of Topliss-reactive ketones (excluding diaryl/α,β-unsaturated/α-hetero) is 1. The summed E-state index contributed by atoms with van der Waals surface area (Å²) < 4.78 is 5.18. The van der Waals surface area contributed by atoms with Gasteiger partial charge < -0.3 is 15.2 Å². The van der Waals surface area contributed by atoms with Gasteiger partial charge in [0.2, 0.25) is 0 Å². The number of hydrogen-bond acceptors (Lipinski definition) is 4. The van der Waals surface area contributed by atoms with E-state index >= 15 is 0 Å². The standard InChI is InChI=1S/C18H17NO4/c1-11-7-8-14-13(9-11)18(22,17(21)19-14)10-15(20)12-5-3-4-6-16(12)23-2/h3-9,22H,10H2,1-2H3,(H,19,21)/t18-/m0/s1. The average Bonchev–Trinajstić information content (AvgIpc) is 2.78. The highest BCUT2D eigenvalue weighted by Gasteiger charge is 2.47. The fraction of sp³-hybridized carbons (Fsp3) is 0.222. The zero-order valence-electron chi connectivity index (χ0n) is 12.9. The quantitative estimate of drug-likeness (QED) is 0.850. The van der Waals surface area contributed by atoms with E-state index in [9.17, 15) is 14.7 Å². The van der Waals surface area contributed by atoms with Gasteiger partial charge in [0, 0.05) is 11.3 Å². The SMILES string of the molecule is COc1ccccc1C(=O)C[C@@]1(O)C(=O)Nc2ccc(C)cc21. The van der Waals surface area contributed by atoms with Gasteiger partial charge in [-0.15, -0.1) is 0 Å². The highest BCUT2D eigenvalue weighted by molar-refractivity contribution is 6.10. The predicted octanol–water partition coefficient (Wildman–Crippen LogP) is 2.42. The Kier molecular flexibility index (Phi) is 3.66. The van der Waals surface area contributed by atoms with Crippen LogP contribution in [0.4, 0.5) is 5.69 Å². The minimum atomic E-state index is -1.86. The van der Waals surface area contributed by atoms with Gasteiger partial charge in [-0.3, -0.25) is 9.59 Å². The molecule has 2 aromatic carbocycles. The zero-order chi connectivity index (χ0) is 16.6. The molecule has 2 aromatic rings. The molecule has 23 heavy (non-hydrogen) atoms. The molecule has 0 saturated heterocycles. The monoisotopic (exact) mass is 311 g/mol. The van der Waals surface area contributed by atoms with Crippen molar-refractivity contribution in [1.82, 2.24) is 0 Å². The van der Waals surface area contributed by atoms with E-state index in [4.69, 9.17) is 4.74 Å². The van der Waals surface area contributed by atoms with Gasteiger partial charge in [0.15, 0.2) is 11.4 Å². The maximum atomic E-state index is 12.6. The highest BCUT2D eigenvalue weighted by atomic mass is 16.5. The maximum absolute atomic E-state index is 12.6. The van der Waals surface area contributed by atoms with Crippen molar-refractivity contribution >= 4 is 17.4 Å². The van der Waals surface area contributed by atoms with Crippen LogP contribution in [-0.2, 0) is 10.4 Å². The molecule has 1 heterocycles. The molecule has 0 bridgehead atoms. The van der Waals surface area contributed by atoms with Crippen molar-refractivity contribution in [3.63, 3.8) is 0 Å². The number of carbonyl (C=O) groups is 2. The minimum absolute atomic E-state index is 0.338. The number of amides is 1. The van der Waals surface area contributed by atoms with Crippen molar-refractivity contribution in [2.75, 3.05) is 12.4 Å². The second kappa shape index (κ2) is 5.52. The molecule has 0 saturated carbocycles. The Bertz CT molecular complexity index is 799. The third-order valence-electron chi connectivity index (χ3n) is 4.07. The summed E-state index contributed by atoms with van der Waals surface area (Å²) in [7, 11) is 1.47. The summed E-state index contributed by atoms with van der Waals surface area (Å²) in [6.07, 6.45) is -0.338. The Morgan fingerprint density at radius 2 is 2.00 bits per heavy atom. The molecule has 5 nitrogen and oxygen atoms in total. The number of methoxy groups -OCH3 is 1. The Balaban J connectivity index is 1.98. The van der Waals surface area contributed by atoms with Crippen LogP contribution in [0.5, 0.6) is 5.75 Å². The lowest BCUT2D eigenvalue weighted by Crippen LogP contribution is -2.36. The van der Waals surface area contributed by atoms with Crippen LogP contribution in [-0.4, -0.2) is 23.9 Å². The van der Waals surface area contributed by atoms with Crippen LogP contribution >= 0.6 is 0 Å². The first-order chi connectivity index (χ1) is 11.0. The average molecular weight is 311 g/mol. The number of hydrogen-bond donors (Lipinski definition) is 2. The molecule has 0 aliphatic carbocycles. The molecule has 1 amide bonds. The number of para-hydroxylation sites is 1. The summed E-state index contributed by atoms with van der Waals surface area (Å²) in [6.45, 7) is 1.87. The second-order valence-corrected chi connectivity index (χ2v) is 5.66. The number of ether oxygens (including phenoxy) is 1. The predicted molar refractivity (Wildman–Crippen MR) is 85.6 cm³/mol. The fourth-order valence-electron chi connectivity index (χ4n) is 2.84. The van der Waals surface area contributed by atoms with Gasteiger partial charge in [0.1, 0.15) is 5.75 Å². The number of nitrogens with one attached hydrogen (secondary N) is 1. The third kappa shape index (κ3) is 2.49. The normalized spacial score (nSPS) is 19.2. The second-order valence-electron chi connectivity index (χ2n) is 5.66. The van der Waals surface area contributed by atoms with Crippen molar-refractivity contribution in [3.8, 4) is 5.75 Å². The van der Waals surface area contributed by atoms with E-state index in [1.54, 1.807) is 36.4 Å². The van der Waals surface area contributed by atoms with E-state index < -0.39 is 11.5 Å².